The standard InChI is InChI=1S/C9H14N2OS/c1-6-5-13-8(11-6)9(10)3-4-12-7(9)2/h5,7H,3-4,10H2,1-2H3. The van der Waals surface area contributed by atoms with Crippen LogP contribution in [0.5, 0.6) is 0 Å². The van der Waals surface area contributed by atoms with E-state index in [-0.39, 0.29) is 11.6 Å². The van der Waals surface area contributed by atoms with E-state index in [1.54, 1.807) is 11.3 Å². The first-order valence-corrected chi connectivity index (χ1v) is 5.34. The van der Waals surface area contributed by atoms with E-state index < -0.39 is 0 Å². The molecule has 2 heterocycles. The van der Waals surface area contributed by atoms with Gasteiger partial charge in [-0.2, -0.15) is 0 Å². The minimum Gasteiger partial charge on any atom is -0.376 e. The number of aryl methyl sites for hydroxylation is 1. The lowest BCUT2D eigenvalue weighted by Crippen LogP contribution is -2.42. The molecule has 0 amide bonds. The van der Waals surface area contributed by atoms with E-state index in [0.717, 1.165) is 23.7 Å². The largest absolute Gasteiger partial charge is 0.376 e. The number of rotatable bonds is 1. The van der Waals surface area contributed by atoms with Gasteiger partial charge in [0.25, 0.3) is 0 Å². The summed E-state index contributed by atoms with van der Waals surface area (Å²) in [6.07, 6.45) is 0.958. The van der Waals surface area contributed by atoms with Crippen LogP contribution < -0.4 is 5.73 Å². The fourth-order valence-electron chi connectivity index (χ4n) is 1.61. The zero-order chi connectivity index (χ0) is 9.47. The summed E-state index contributed by atoms with van der Waals surface area (Å²) in [5.41, 5.74) is 6.96. The van der Waals surface area contributed by atoms with Crippen LogP contribution in [0.3, 0.4) is 0 Å². The van der Waals surface area contributed by atoms with Crippen LogP contribution in [0.15, 0.2) is 5.38 Å². The molecule has 3 nitrogen and oxygen atoms in total. The first kappa shape index (κ1) is 9.12. The summed E-state index contributed by atoms with van der Waals surface area (Å²) in [6.45, 7) is 4.75. The lowest BCUT2D eigenvalue weighted by atomic mass is 9.94. The van der Waals surface area contributed by atoms with Crippen LogP contribution in [-0.2, 0) is 10.3 Å². The summed E-state index contributed by atoms with van der Waals surface area (Å²) in [7, 11) is 0. The molecule has 2 N–H and O–H groups in total. The van der Waals surface area contributed by atoms with Crippen LogP contribution in [0.4, 0.5) is 0 Å². The maximum atomic E-state index is 6.26. The Balaban J connectivity index is 2.33. The molecule has 1 aromatic rings. The molecule has 0 spiro atoms. The fourth-order valence-corrected chi connectivity index (χ4v) is 2.62. The zero-order valence-electron chi connectivity index (χ0n) is 7.91. The van der Waals surface area contributed by atoms with Crippen molar-refractivity contribution in [1.29, 1.82) is 0 Å². The van der Waals surface area contributed by atoms with Crippen LogP contribution in [0.25, 0.3) is 0 Å². The van der Waals surface area contributed by atoms with Crippen molar-refractivity contribution in [2.45, 2.75) is 31.9 Å². The molecule has 2 atom stereocenters. The average molecular weight is 198 g/mol. The number of hydrogen-bond acceptors (Lipinski definition) is 4. The van der Waals surface area contributed by atoms with Crippen LogP contribution >= 0.6 is 11.3 Å². The molecule has 0 radical (unpaired) electrons. The Kier molecular flexibility index (Phi) is 2.14. The molecule has 1 saturated heterocycles. The quantitative estimate of drug-likeness (QED) is 0.742. The Morgan fingerprint density at radius 3 is 3.00 bits per heavy atom. The minimum absolute atomic E-state index is 0.0815. The van der Waals surface area contributed by atoms with Gasteiger partial charge in [-0.05, 0) is 20.3 Å². The first-order chi connectivity index (χ1) is 6.13. The Morgan fingerprint density at radius 2 is 2.54 bits per heavy atom. The molecule has 1 fully saturated rings. The number of hydrogen-bond donors (Lipinski definition) is 1. The zero-order valence-corrected chi connectivity index (χ0v) is 8.73. The molecule has 0 saturated carbocycles. The first-order valence-electron chi connectivity index (χ1n) is 4.46. The summed E-state index contributed by atoms with van der Waals surface area (Å²) in [4.78, 5) is 4.43. The molecule has 72 valence electrons. The molecule has 0 aliphatic carbocycles. The van der Waals surface area contributed by atoms with Crippen LogP contribution in [0.2, 0.25) is 0 Å². The average Bonchev–Trinajstić information content (AvgIpc) is 2.62. The lowest BCUT2D eigenvalue weighted by Gasteiger charge is -2.24. The molecule has 4 heteroatoms. The Labute approximate surface area is 81.9 Å². The minimum atomic E-state index is -0.348. The number of ether oxygens (including phenoxy) is 1. The topological polar surface area (TPSA) is 48.1 Å². The monoisotopic (exact) mass is 198 g/mol. The normalized spacial score (nSPS) is 33.9. The third kappa shape index (κ3) is 1.39. The third-order valence-electron chi connectivity index (χ3n) is 2.63. The van der Waals surface area contributed by atoms with Crippen LogP contribution in [0.1, 0.15) is 24.0 Å². The van der Waals surface area contributed by atoms with Gasteiger partial charge < -0.3 is 10.5 Å². The molecule has 2 unspecified atom stereocenters. The predicted octanol–water partition coefficient (Wildman–Crippen LogP) is 1.41. The van der Waals surface area contributed by atoms with Gasteiger partial charge in [0.05, 0.1) is 11.6 Å². The highest BCUT2D eigenvalue weighted by molar-refractivity contribution is 7.09. The SMILES string of the molecule is Cc1csc(C2(N)CCOC2C)n1. The van der Waals surface area contributed by atoms with E-state index >= 15 is 0 Å². The van der Waals surface area contributed by atoms with Gasteiger partial charge in [-0.3, -0.25) is 0 Å². The third-order valence-corrected chi connectivity index (χ3v) is 3.78. The predicted molar refractivity (Wildman–Crippen MR) is 52.7 cm³/mol. The Hall–Kier alpha value is -0.450. The van der Waals surface area contributed by atoms with E-state index in [0.29, 0.717) is 0 Å². The van der Waals surface area contributed by atoms with E-state index in [1.807, 2.05) is 19.2 Å². The molecular formula is C9H14N2OS. The van der Waals surface area contributed by atoms with Crippen LogP contribution in [-0.4, -0.2) is 17.7 Å². The molecular weight excluding hydrogens is 184 g/mol. The van der Waals surface area contributed by atoms with Crippen molar-refractivity contribution in [3.8, 4) is 0 Å². The lowest BCUT2D eigenvalue weighted by molar-refractivity contribution is 0.0950. The number of thiazole rings is 1. The van der Waals surface area contributed by atoms with Crippen molar-refractivity contribution in [1.82, 2.24) is 4.98 Å². The van der Waals surface area contributed by atoms with Gasteiger partial charge in [-0.25, -0.2) is 4.98 Å². The van der Waals surface area contributed by atoms with Gasteiger partial charge in [0, 0.05) is 17.7 Å². The smallest absolute Gasteiger partial charge is 0.116 e. The van der Waals surface area contributed by atoms with Gasteiger partial charge in [0.15, 0.2) is 0 Å². The van der Waals surface area contributed by atoms with E-state index in [9.17, 15) is 0 Å². The second-order valence-corrected chi connectivity index (χ2v) is 4.46. The molecule has 1 aromatic heterocycles. The van der Waals surface area contributed by atoms with Gasteiger partial charge in [0.1, 0.15) is 5.01 Å². The second-order valence-electron chi connectivity index (χ2n) is 3.60. The number of nitrogens with two attached hydrogens (primary N) is 1. The van der Waals surface area contributed by atoms with Crippen molar-refractivity contribution in [3.05, 3.63) is 16.1 Å². The number of nitrogens with zero attached hydrogens (tertiary/aromatic N) is 1. The highest BCUT2D eigenvalue weighted by Gasteiger charge is 2.41. The molecule has 1 aliphatic rings. The molecule has 2 rings (SSSR count). The summed E-state index contributed by atoms with van der Waals surface area (Å²) in [6, 6.07) is 0. The Morgan fingerprint density at radius 1 is 1.77 bits per heavy atom. The number of aromatic nitrogens is 1. The maximum Gasteiger partial charge on any atom is 0.116 e. The second kappa shape index (κ2) is 3.04. The summed E-state index contributed by atoms with van der Waals surface area (Å²) in [5, 5.41) is 3.05. The molecule has 13 heavy (non-hydrogen) atoms. The fraction of sp³-hybridized carbons (Fsp3) is 0.667. The summed E-state index contributed by atoms with van der Waals surface area (Å²) in [5.74, 6) is 0. The Bertz CT molecular complexity index is 312. The molecule has 0 bridgehead atoms. The van der Waals surface area contributed by atoms with Crippen molar-refractivity contribution < 1.29 is 4.74 Å². The maximum absolute atomic E-state index is 6.26. The van der Waals surface area contributed by atoms with Crippen molar-refractivity contribution in [2.75, 3.05) is 6.61 Å². The van der Waals surface area contributed by atoms with E-state index in [2.05, 4.69) is 4.98 Å². The van der Waals surface area contributed by atoms with E-state index in [1.165, 1.54) is 0 Å². The van der Waals surface area contributed by atoms with Crippen molar-refractivity contribution in [2.24, 2.45) is 5.73 Å². The highest BCUT2D eigenvalue weighted by atomic mass is 32.1. The highest BCUT2D eigenvalue weighted by Crippen LogP contribution is 2.34. The van der Waals surface area contributed by atoms with Crippen molar-refractivity contribution >= 4 is 11.3 Å². The van der Waals surface area contributed by atoms with Crippen molar-refractivity contribution in [3.63, 3.8) is 0 Å². The summed E-state index contributed by atoms with van der Waals surface area (Å²) < 4.78 is 5.47. The van der Waals surface area contributed by atoms with E-state index in [4.69, 9.17) is 10.5 Å². The van der Waals surface area contributed by atoms with Gasteiger partial charge in [0.2, 0.25) is 0 Å². The van der Waals surface area contributed by atoms with Gasteiger partial charge in [-0.15, -0.1) is 11.3 Å². The van der Waals surface area contributed by atoms with Gasteiger partial charge >= 0.3 is 0 Å². The van der Waals surface area contributed by atoms with Gasteiger partial charge in [-0.1, -0.05) is 0 Å². The molecule has 1 aliphatic heterocycles. The van der Waals surface area contributed by atoms with Crippen LogP contribution in [0, 0.1) is 6.92 Å². The summed E-state index contributed by atoms with van der Waals surface area (Å²) >= 11 is 1.63. The molecule has 0 aromatic carbocycles.